The number of hydrogen-bond donors (Lipinski definition) is 2. The lowest BCUT2D eigenvalue weighted by Gasteiger charge is -2.27. The summed E-state index contributed by atoms with van der Waals surface area (Å²) in [7, 11) is 0. The van der Waals surface area contributed by atoms with Crippen LogP contribution in [0.1, 0.15) is 45.5 Å². The summed E-state index contributed by atoms with van der Waals surface area (Å²) in [6.07, 6.45) is 0.0482. The van der Waals surface area contributed by atoms with Crippen LogP contribution in [-0.2, 0) is 9.53 Å². The van der Waals surface area contributed by atoms with Crippen molar-refractivity contribution in [3.05, 3.63) is 48.5 Å². The number of aromatic amines is 1. The number of nitrogens with one attached hydrogen (secondary N) is 1. The minimum absolute atomic E-state index is 0.0726. The third kappa shape index (κ3) is 6.24. The van der Waals surface area contributed by atoms with Gasteiger partial charge in [0.1, 0.15) is 11.4 Å². The van der Waals surface area contributed by atoms with Crippen molar-refractivity contribution in [2.75, 3.05) is 6.54 Å². The number of fused-ring (bicyclic) bond motifs is 1. The molecule has 8 nitrogen and oxygen atoms in total. The number of carbonyl (C=O) groups excluding carboxylic acids is 1. The van der Waals surface area contributed by atoms with Gasteiger partial charge < -0.3 is 14.8 Å². The van der Waals surface area contributed by atoms with Crippen molar-refractivity contribution in [3.63, 3.8) is 0 Å². The number of hydrogen-bond acceptors (Lipinski definition) is 5. The summed E-state index contributed by atoms with van der Waals surface area (Å²) in [5.41, 5.74) is 3.58. The first-order valence-corrected chi connectivity index (χ1v) is 10.5. The topological polar surface area (TPSA) is 108 Å². The lowest BCUT2D eigenvalue weighted by Crippen LogP contribution is -2.36. The Morgan fingerprint density at radius 1 is 1.12 bits per heavy atom. The zero-order chi connectivity index (χ0) is 25.1. The van der Waals surface area contributed by atoms with E-state index in [4.69, 9.17) is 19.6 Å². The number of carbonyl (C=O) groups is 2. The fourth-order valence-corrected chi connectivity index (χ4v) is 3.50. The number of rotatable bonds is 2. The Balaban J connectivity index is 0.000000406. The van der Waals surface area contributed by atoms with E-state index >= 15 is 0 Å². The average Bonchev–Trinajstić information content (AvgIpc) is 3.39. The van der Waals surface area contributed by atoms with Gasteiger partial charge in [0.15, 0.2) is 0 Å². The van der Waals surface area contributed by atoms with Crippen molar-refractivity contribution in [3.8, 4) is 11.1 Å². The maximum Gasteiger partial charge on any atom is 0.490 e. The Labute approximate surface area is 193 Å². The van der Waals surface area contributed by atoms with Gasteiger partial charge in [-0.05, 0) is 69.0 Å². The number of nitrogens with zero attached hydrogens (tertiary/aromatic N) is 3. The van der Waals surface area contributed by atoms with E-state index in [0.29, 0.717) is 6.54 Å². The van der Waals surface area contributed by atoms with Gasteiger partial charge in [-0.3, -0.25) is 9.88 Å². The van der Waals surface area contributed by atoms with Gasteiger partial charge in [0.2, 0.25) is 0 Å². The van der Waals surface area contributed by atoms with Crippen LogP contribution in [0.2, 0.25) is 0 Å². The third-order valence-corrected chi connectivity index (χ3v) is 4.95. The summed E-state index contributed by atoms with van der Waals surface area (Å²) in [6, 6.07) is 10.1. The molecule has 1 aliphatic rings. The number of carboxylic acid groups (broad SMARTS) is 1. The molecule has 2 aromatic heterocycles. The number of alkyl halides is 3. The summed E-state index contributed by atoms with van der Waals surface area (Å²) in [4.78, 5) is 35.5. The molecular formula is C23H25F3N4O4. The van der Waals surface area contributed by atoms with Crippen LogP contribution >= 0.6 is 0 Å². The number of halogens is 3. The fourth-order valence-electron chi connectivity index (χ4n) is 3.50. The second-order valence-electron chi connectivity index (χ2n) is 8.72. The maximum atomic E-state index is 12.6. The molecule has 3 heterocycles. The van der Waals surface area contributed by atoms with E-state index in [-0.39, 0.29) is 12.1 Å². The van der Waals surface area contributed by atoms with Crippen molar-refractivity contribution in [1.82, 2.24) is 19.9 Å². The molecule has 3 aromatic rings. The number of likely N-dealkylation sites (tertiary alicyclic amines) is 1. The molecular weight excluding hydrogens is 453 g/mol. The van der Waals surface area contributed by atoms with Crippen molar-refractivity contribution < 1.29 is 32.6 Å². The molecule has 1 fully saturated rings. The number of H-pyrrole nitrogens is 1. The van der Waals surface area contributed by atoms with Gasteiger partial charge in [0.05, 0.1) is 17.1 Å². The molecule has 4 rings (SSSR count). The van der Waals surface area contributed by atoms with E-state index in [1.807, 2.05) is 39.0 Å². The first-order valence-electron chi connectivity index (χ1n) is 10.5. The Bertz CT molecular complexity index is 1160. The molecule has 0 spiro atoms. The molecule has 0 unspecified atom stereocenters. The molecule has 2 N–H and O–H groups in total. The lowest BCUT2D eigenvalue weighted by molar-refractivity contribution is -0.192. The van der Waals surface area contributed by atoms with Gasteiger partial charge in [0, 0.05) is 18.9 Å². The third-order valence-electron chi connectivity index (χ3n) is 4.95. The van der Waals surface area contributed by atoms with Crippen molar-refractivity contribution in [2.45, 2.75) is 51.4 Å². The Morgan fingerprint density at radius 3 is 2.35 bits per heavy atom. The van der Waals surface area contributed by atoms with Gasteiger partial charge in [0.25, 0.3) is 0 Å². The Hall–Kier alpha value is -3.63. The number of pyridine rings is 1. The smallest absolute Gasteiger partial charge is 0.475 e. The van der Waals surface area contributed by atoms with Gasteiger partial charge in [-0.1, -0.05) is 6.07 Å². The summed E-state index contributed by atoms with van der Waals surface area (Å²) in [6.45, 7) is 6.35. The van der Waals surface area contributed by atoms with Crippen LogP contribution in [0, 0.1) is 0 Å². The normalized spacial score (nSPS) is 16.2. The maximum absolute atomic E-state index is 12.6. The monoisotopic (exact) mass is 478 g/mol. The van der Waals surface area contributed by atoms with Gasteiger partial charge >= 0.3 is 18.2 Å². The van der Waals surface area contributed by atoms with Crippen LogP contribution in [-0.4, -0.2) is 55.3 Å². The first kappa shape index (κ1) is 25.0. The molecule has 1 atom stereocenters. The molecule has 1 saturated heterocycles. The molecule has 1 aliphatic heterocycles. The van der Waals surface area contributed by atoms with Crippen LogP contribution < -0.4 is 0 Å². The standard InChI is InChI=1S/C21H24N4O2.C2HF3O2/c1-21(2,3)27-20(26)25-12-4-5-18(25)19-23-16-7-6-15(13-17(16)24-19)14-8-10-22-11-9-14;3-2(4,5)1(6)7/h6-11,13,18H,4-5,12H2,1-3H3,(H,23,24);(H,6,7)/t18-;/m0./s1. The van der Waals surface area contributed by atoms with E-state index in [9.17, 15) is 18.0 Å². The zero-order valence-corrected chi connectivity index (χ0v) is 18.9. The zero-order valence-electron chi connectivity index (χ0n) is 18.9. The summed E-state index contributed by atoms with van der Waals surface area (Å²) in [5.74, 6) is -1.94. The minimum Gasteiger partial charge on any atom is -0.475 e. The quantitative estimate of drug-likeness (QED) is 0.515. The molecule has 1 amide bonds. The number of amides is 1. The summed E-state index contributed by atoms with van der Waals surface area (Å²) < 4.78 is 37.3. The molecule has 34 heavy (non-hydrogen) atoms. The molecule has 0 radical (unpaired) electrons. The highest BCUT2D eigenvalue weighted by Crippen LogP contribution is 2.33. The summed E-state index contributed by atoms with van der Waals surface area (Å²) in [5, 5.41) is 7.12. The number of ether oxygens (including phenoxy) is 1. The predicted molar refractivity (Wildman–Crippen MR) is 118 cm³/mol. The largest absolute Gasteiger partial charge is 0.490 e. The molecule has 11 heteroatoms. The lowest BCUT2D eigenvalue weighted by atomic mass is 10.1. The highest BCUT2D eigenvalue weighted by Gasteiger charge is 2.38. The first-order chi connectivity index (χ1) is 15.8. The molecule has 0 bridgehead atoms. The number of carboxylic acids is 1. The van der Waals surface area contributed by atoms with Crippen LogP contribution in [0.5, 0.6) is 0 Å². The number of aliphatic carboxylic acids is 1. The molecule has 182 valence electrons. The SMILES string of the molecule is CC(C)(C)OC(=O)N1CCC[C@H]1c1nc2ccc(-c3ccncc3)cc2[nH]1.O=C(O)C(F)(F)F. The van der Waals surface area contributed by atoms with E-state index in [2.05, 4.69) is 22.1 Å². The van der Waals surface area contributed by atoms with Crippen molar-refractivity contribution in [2.24, 2.45) is 0 Å². The van der Waals surface area contributed by atoms with Crippen molar-refractivity contribution >= 4 is 23.1 Å². The fraction of sp³-hybridized carbons (Fsp3) is 0.391. The van der Waals surface area contributed by atoms with Crippen molar-refractivity contribution in [1.29, 1.82) is 0 Å². The highest BCUT2D eigenvalue weighted by molar-refractivity contribution is 5.82. The molecule has 0 saturated carbocycles. The Morgan fingerprint density at radius 2 is 1.76 bits per heavy atom. The average molecular weight is 478 g/mol. The second kappa shape index (κ2) is 9.70. The van der Waals surface area contributed by atoms with Crippen LogP contribution in [0.25, 0.3) is 22.2 Å². The molecule has 1 aromatic carbocycles. The van der Waals surface area contributed by atoms with E-state index in [0.717, 1.165) is 40.8 Å². The van der Waals surface area contributed by atoms with Crippen LogP contribution in [0.4, 0.5) is 18.0 Å². The number of imidazole rings is 1. The second-order valence-corrected chi connectivity index (χ2v) is 8.72. The van der Waals surface area contributed by atoms with E-state index in [1.54, 1.807) is 17.3 Å². The van der Waals surface area contributed by atoms with E-state index in [1.165, 1.54) is 0 Å². The molecule has 0 aliphatic carbocycles. The van der Waals surface area contributed by atoms with Gasteiger partial charge in [-0.2, -0.15) is 13.2 Å². The predicted octanol–water partition coefficient (Wildman–Crippen LogP) is 5.33. The Kier molecular flexibility index (Phi) is 7.13. The van der Waals surface area contributed by atoms with Gasteiger partial charge in [-0.25, -0.2) is 14.6 Å². The van der Waals surface area contributed by atoms with E-state index < -0.39 is 17.7 Å². The number of aromatic nitrogens is 3. The minimum atomic E-state index is -5.08. The van der Waals surface area contributed by atoms with Crippen LogP contribution in [0.15, 0.2) is 42.7 Å². The highest BCUT2D eigenvalue weighted by atomic mass is 19.4. The van der Waals surface area contributed by atoms with Gasteiger partial charge in [-0.15, -0.1) is 0 Å². The number of benzene rings is 1. The summed E-state index contributed by atoms with van der Waals surface area (Å²) >= 11 is 0. The van der Waals surface area contributed by atoms with Crippen LogP contribution in [0.3, 0.4) is 0 Å².